The third-order valence-electron chi connectivity index (χ3n) is 2.64. The van der Waals surface area contributed by atoms with Crippen LogP contribution in [0.1, 0.15) is 13.8 Å². The van der Waals surface area contributed by atoms with Gasteiger partial charge in [-0.25, -0.2) is 8.42 Å². The molecule has 0 saturated heterocycles. The third kappa shape index (κ3) is 3.95. The highest BCUT2D eigenvalue weighted by Crippen LogP contribution is 2.21. The molecule has 0 aliphatic heterocycles. The van der Waals surface area contributed by atoms with Gasteiger partial charge in [-0.3, -0.25) is 14.9 Å². The second-order valence-electron chi connectivity index (χ2n) is 4.55. The minimum absolute atomic E-state index is 0.472. The fourth-order valence-electron chi connectivity index (χ4n) is 1.51. The van der Waals surface area contributed by atoms with Gasteiger partial charge in [0, 0.05) is 12.1 Å². The largest absolute Gasteiger partial charge is 0.480 e. The van der Waals surface area contributed by atoms with E-state index in [1.807, 2.05) is 4.72 Å². The average molecular weight is 320 g/mol. The molecule has 0 saturated carbocycles. The van der Waals surface area contributed by atoms with Gasteiger partial charge in [-0.2, -0.15) is 9.11 Å². The van der Waals surface area contributed by atoms with Crippen molar-refractivity contribution < 1.29 is 27.6 Å². The van der Waals surface area contributed by atoms with Crippen LogP contribution in [0.3, 0.4) is 0 Å². The van der Waals surface area contributed by atoms with E-state index >= 15 is 0 Å². The summed E-state index contributed by atoms with van der Waals surface area (Å²) >= 11 is 0. The van der Waals surface area contributed by atoms with Gasteiger partial charge in [0.05, 0.1) is 9.82 Å². The number of sulfonamides is 1. The monoisotopic (exact) mass is 320 g/mol. The van der Waals surface area contributed by atoms with Crippen molar-refractivity contribution in [2.24, 2.45) is 5.92 Å². The van der Waals surface area contributed by atoms with Crippen LogP contribution in [0.4, 0.5) is 10.1 Å². The second-order valence-corrected chi connectivity index (χ2v) is 6.27. The molecule has 0 amide bonds. The summed E-state index contributed by atoms with van der Waals surface area (Å²) in [4.78, 5) is 19.9. The van der Waals surface area contributed by atoms with E-state index in [1.165, 1.54) is 13.8 Å². The number of halogens is 1. The molecule has 0 unspecified atom stereocenters. The predicted octanol–water partition coefficient (Wildman–Crippen LogP) is 1.12. The SMILES string of the molecule is CC(C)[C@@H](NS(=O)(=O)c1ccc([N+](=O)[O-])c(F)c1)C(=O)O. The first-order chi connectivity index (χ1) is 9.56. The van der Waals surface area contributed by atoms with Gasteiger partial charge in [0.25, 0.3) is 0 Å². The molecule has 0 spiro atoms. The van der Waals surface area contributed by atoms with Crippen LogP contribution < -0.4 is 4.72 Å². The topological polar surface area (TPSA) is 127 Å². The molecule has 21 heavy (non-hydrogen) atoms. The molecule has 1 aromatic rings. The maximum atomic E-state index is 13.4. The zero-order valence-corrected chi connectivity index (χ0v) is 11.9. The number of carboxylic acids is 1. The van der Waals surface area contributed by atoms with Crippen LogP contribution in [0.15, 0.2) is 23.1 Å². The van der Waals surface area contributed by atoms with E-state index in [4.69, 9.17) is 5.11 Å². The summed E-state index contributed by atoms with van der Waals surface area (Å²) in [6, 6.07) is 0.616. The van der Waals surface area contributed by atoms with Crippen molar-refractivity contribution in [3.05, 3.63) is 34.1 Å². The van der Waals surface area contributed by atoms with Crippen LogP contribution >= 0.6 is 0 Å². The zero-order valence-electron chi connectivity index (χ0n) is 11.1. The summed E-state index contributed by atoms with van der Waals surface area (Å²) < 4.78 is 39.3. The number of hydrogen-bond acceptors (Lipinski definition) is 5. The summed E-state index contributed by atoms with van der Waals surface area (Å²) in [7, 11) is -4.31. The Morgan fingerprint density at radius 1 is 1.43 bits per heavy atom. The molecule has 0 aromatic heterocycles. The van der Waals surface area contributed by atoms with Crippen molar-refractivity contribution in [3.63, 3.8) is 0 Å². The molecular weight excluding hydrogens is 307 g/mol. The number of nitrogens with one attached hydrogen (secondary N) is 1. The van der Waals surface area contributed by atoms with Crippen LogP contribution in [-0.2, 0) is 14.8 Å². The molecule has 1 rings (SSSR count). The van der Waals surface area contributed by atoms with Crippen LogP contribution in [0.2, 0.25) is 0 Å². The van der Waals surface area contributed by atoms with Crippen molar-refractivity contribution in [1.82, 2.24) is 4.72 Å². The summed E-state index contributed by atoms with van der Waals surface area (Å²) in [6.07, 6.45) is 0. The normalized spacial score (nSPS) is 13.1. The summed E-state index contributed by atoms with van der Waals surface area (Å²) in [5.74, 6) is -3.24. The average Bonchev–Trinajstić information content (AvgIpc) is 2.34. The van der Waals surface area contributed by atoms with Crippen LogP contribution in [-0.4, -0.2) is 30.5 Å². The molecule has 0 heterocycles. The number of benzene rings is 1. The minimum Gasteiger partial charge on any atom is -0.480 e. The first-order valence-electron chi connectivity index (χ1n) is 5.75. The van der Waals surface area contributed by atoms with Gasteiger partial charge in [0.1, 0.15) is 6.04 Å². The quantitative estimate of drug-likeness (QED) is 0.597. The van der Waals surface area contributed by atoms with Gasteiger partial charge in [-0.1, -0.05) is 13.8 Å². The van der Waals surface area contributed by atoms with Crippen molar-refractivity contribution in [3.8, 4) is 0 Å². The molecule has 10 heteroatoms. The molecule has 0 aliphatic rings. The number of nitro benzene ring substituents is 1. The summed E-state index contributed by atoms with van der Waals surface area (Å²) in [6.45, 7) is 3.00. The van der Waals surface area contributed by atoms with Crippen LogP contribution in [0, 0.1) is 21.8 Å². The highest BCUT2D eigenvalue weighted by molar-refractivity contribution is 7.89. The minimum atomic E-state index is -4.31. The highest BCUT2D eigenvalue weighted by Gasteiger charge is 2.29. The molecule has 8 nitrogen and oxygen atoms in total. The number of nitrogens with zero attached hydrogens (tertiary/aromatic N) is 1. The molecule has 0 aliphatic carbocycles. The lowest BCUT2D eigenvalue weighted by Gasteiger charge is -2.17. The second kappa shape index (κ2) is 6.14. The maximum Gasteiger partial charge on any atom is 0.322 e. The summed E-state index contributed by atoms with van der Waals surface area (Å²) in [5.41, 5.74) is -0.868. The number of aliphatic carboxylic acids is 1. The molecule has 0 bridgehead atoms. The number of hydrogen-bond donors (Lipinski definition) is 2. The molecular formula is C11H13FN2O6S. The smallest absolute Gasteiger partial charge is 0.322 e. The molecule has 1 aromatic carbocycles. The van der Waals surface area contributed by atoms with Gasteiger partial charge < -0.3 is 5.11 Å². The molecule has 116 valence electrons. The lowest BCUT2D eigenvalue weighted by atomic mass is 10.1. The van der Waals surface area contributed by atoms with E-state index in [0.29, 0.717) is 12.1 Å². The van der Waals surface area contributed by atoms with Crippen LogP contribution in [0.5, 0.6) is 0 Å². The summed E-state index contributed by atoms with van der Waals surface area (Å²) in [5, 5.41) is 19.4. The number of carboxylic acid groups (broad SMARTS) is 1. The number of rotatable bonds is 6. The first kappa shape index (κ1) is 17.0. The zero-order chi connectivity index (χ0) is 16.4. The molecule has 2 N–H and O–H groups in total. The Kier molecular flexibility index (Phi) is 4.97. The Morgan fingerprint density at radius 3 is 2.38 bits per heavy atom. The maximum absolute atomic E-state index is 13.4. The standard InChI is InChI=1S/C11H13FN2O6S/c1-6(2)10(11(15)16)13-21(19,20)7-3-4-9(14(17)18)8(12)5-7/h3-6,10,13H,1-2H3,(H,15,16)/t10-/m1/s1. The lowest BCUT2D eigenvalue weighted by Crippen LogP contribution is -2.44. The van der Waals surface area contributed by atoms with E-state index < -0.39 is 49.3 Å². The Morgan fingerprint density at radius 2 is 2.00 bits per heavy atom. The fraction of sp³-hybridized carbons (Fsp3) is 0.364. The Hall–Kier alpha value is -2.07. The Labute approximate surface area is 119 Å². The Bertz CT molecular complexity index is 673. The van der Waals surface area contributed by atoms with Gasteiger partial charge in [-0.05, 0) is 12.0 Å². The third-order valence-corrected chi connectivity index (χ3v) is 4.08. The van der Waals surface area contributed by atoms with E-state index in [0.717, 1.165) is 6.07 Å². The van der Waals surface area contributed by atoms with Crippen molar-refractivity contribution in [2.75, 3.05) is 0 Å². The number of nitro groups is 1. The highest BCUT2D eigenvalue weighted by atomic mass is 32.2. The molecule has 0 fully saturated rings. The number of carbonyl (C=O) groups is 1. The lowest BCUT2D eigenvalue weighted by molar-refractivity contribution is -0.387. The van der Waals surface area contributed by atoms with E-state index in [1.54, 1.807) is 0 Å². The molecule has 0 radical (unpaired) electrons. The molecule has 1 atom stereocenters. The van der Waals surface area contributed by atoms with Crippen molar-refractivity contribution >= 4 is 21.7 Å². The van der Waals surface area contributed by atoms with E-state index in [-0.39, 0.29) is 0 Å². The van der Waals surface area contributed by atoms with Gasteiger partial charge in [0.2, 0.25) is 15.8 Å². The van der Waals surface area contributed by atoms with Crippen molar-refractivity contribution in [2.45, 2.75) is 24.8 Å². The van der Waals surface area contributed by atoms with Crippen molar-refractivity contribution in [1.29, 1.82) is 0 Å². The van der Waals surface area contributed by atoms with Gasteiger partial charge in [-0.15, -0.1) is 0 Å². The van der Waals surface area contributed by atoms with Gasteiger partial charge in [0.15, 0.2) is 0 Å². The van der Waals surface area contributed by atoms with Gasteiger partial charge >= 0.3 is 11.7 Å². The van der Waals surface area contributed by atoms with E-state index in [2.05, 4.69) is 0 Å². The first-order valence-corrected chi connectivity index (χ1v) is 7.23. The Balaban J connectivity index is 3.17. The van der Waals surface area contributed by atoms with E-state index in [9.17, 15) is 27.7 Å². The fourth-order valence-corrected chi connectivity index (χ4v) is 2.86. The van der Waals surface area contributed by atoms with Crippen LogP contribution in [0.25, 0.3) is 0 Å². The predicted molar refractivity (Wildman–Crippen MR) is 69.6 cm³/mol.